The highest BCUT2D eigenvalue weighted by Gasteiger charge is 2.43. The lowest BCUT2D eigenvalue weighted by molar-refractivity contribution is -0.116. The van der Waals surface area contributed by atoms with Gasteiger partial charge in [-0.3, -0.25) is 14.4 Å². The summed E-state index contributed by atoms with van der Waals surface area (Å²) in [5.74, 6) is -1.42. The summed E-state index contributed by atoms with van der Waals surface area (Å²) in [4.78, 5) is 39.3. The van der Waals surface area contributed by atoms with Crippen molar-refractivity contribution in [1.29, 1.82) is 0 Å². The quantitative estimate of drug-likeness (QED) is 0.619. The molecule has 0 aliphatic carbocycles. The smallest absolute Gasteiger partial charge is 0.269 e. The topological polar surface area (TPSA) is 122 Å². The standard InChI is InChI=1S/C22H25N3O7S/c1-5-24(6-2)21(27)14-8-7-9-15(10-14)23-20(26)13-25-22(28)16-11-17(31-3)18(32-4)12-19(16)33(25,29)30/h7-12H,5-6,13H2,1-4H3,(H,23,26). The lowest BCUT2D eigenvalue weighted by Crippen LogP contribution is -2.37. The SMILES string of the molecule is CCN(CC)C(=O)c1cccc(NC(=O)CN2C(=O)c3cc(OC)c(OC)cc3S2(=O)=O)c1. The number of amides is 3. The zero-order chi connectivity index (χ0) is 24.3. The summed E-state index contributed by atoms with van der Waals surface area (Å²) in [5, 5.41) is 2.55. The molecule has 11 heteroatoms. The maximum atomic E-state index is 12.9. The maximum absolute atomic E-state index is 12.9. The van der Waals surface area contributed by atoms with Crippen molar-refractivity contribution in [2.75, 3.05) is 39.2 Å². The van der Waals surface area contributed by atoms with Crippen molar-refractivity contribution in [3.8, 4) is 11.5 Å². The second kappa shape index (κ2) is 9.49. The monoisotopic (exact) mass is 475 g/mol. The lowest BCUT2D eigenvalue weighted by atomic mass is 10.1. The lowest BCUT2D eigenvalue weighted by Gasteiger charge is -2.19. The first-order valence-electron chi connectivity index (χ1n) is 10.2. The van der Waals surface area contributed by atoms with Crippen LogP contribution in [-0.2, 0) is 14.8 Å². The number of ether oxygens (including phenoxy) is 2. The highest BCUT2D eigenvalue weighted by Crippen LogP contribution is 2.38. The summed E-state index contributed by atoms with van der Waals surface area (Å²) < 4.78 is 36.6. The number of methoxy groups -OCH3 is 2. The van der Waals surface area contributed by atoms with E-state index in [1.165, 1.54) is 32.4 Å². The molecule has 1 aliphatic heterocycles. The molecule has 0 saturated heterocycles. The third kappa shape index (κ3) is 4.49. The number of carbonyl (C=O) groups excluding carboxylic acids is 3. The molecule has 1 N–H and O–H groups in total. The minimum Gasteiger partial charge on any atom is -0.493 e. The molecule has 0 radical (unpaired) electrons. The number of fused-ring (bicyclic) bond motifs is 1. The molecule has 0 saturated carbocycles. The Hall–Kier alpha value is -3.60. The van der Waals surface area contributed by atoms with Gasteiger partial charge in [-0.1, -0.05) is 6.07 Å². The molecule has 1 aliphatic rings. The summed E-state index contributed by atoms with van der Waals surface area (Å²) in [5.41, 5.74) is 0.586. The predicted octanol–water partition coefficient (Wildman–Crippen LogP) is 1.97. The fraction of sp³-hybridized carbons (Fsp3) is 0.318. The molecule has 0 aromatic heterocycles. The number of anilines is 1. The Bertz CT molecular complexity index is 1210. The molecular formula is C22H25N3O7S. The fourth-order valence-corrected chi connectivity index (χ4v) is 5.04. The fourth-order valence-electron chi connectivity index (χ4n) is 3.51. The van der Waals surface area contributed by atoms with Crippen LogP contribution < -0.4 is 14.8 Å². The largest absolute Gasteiger partial charge is 0.493 e. The zero-order valence-electron chi connectivity index (χ0n) is 18.7. The van der Waals surface area contributed by atoms with Crippen molar-refractivity contribution in [2.45, 2.75) is 18.7 Å². The van der Waals surface area contributed by atoms with Gasteiger partial charge in [-0.15, -0.1) is 0 Å². The Kier molecular flexibility index (Phi) is 6.92. The molecule has 0 spiro atoms. The summed E-state index contributed by atoms with van der Waals surface area (Å²) in [6.45, 7) is 4.08. The van der Waals surface area contributed by atoms with Crippen molar-refractivity contribution >= 4 is 33.4 Å². The minimum atomic E-state index is -4.25. The zero-order valence-corrected chi connectivity index (χ0v) is 19.6. The van der Waals surface area contributed by atoms with E-state index in [1.807, 2.05) is 13.8 Å². The van der Waals surface area contributed by atoms with Crippen LogP contribution in [0.1, 0.15) is 34.6 Å². The van der Waals surface area contributed by atoms with Gasteiger partial charge in [0.2, 0.25) is 5.91 Å². The molecule has 2 aromatic rings. The second-order valence-corrected chi connectivity index (χ2v) is 8.96. The van der Waals surface area contributed by atoms with Crippen LogP contribution in [0.4, 0.5) is 5.69 Å². The molecule has 33 heavy (non-hydrogen) atoms. The minimum absolute atomic E-state index is 0.104. The van der Waals surface area contributed by atoms with Crippen molar-refractivity contribution in [2.24, 2.45) is 0 Å². The van der Waals surface area contributed by atoms with Crippen LogP contribution in [0, 0.1) is 0 Å². The summed E-state index contributed by atoms with van der Waals surface area (Å²) in [6.07, 6.45) is 0. The number of hydrogen-bond acceptors (Lipinski definition) is 7. The van der Waals surface area contributed by atoms with E-state index in [0.717, 1.165) is 0 Å². The number of nitrogens with one attached hydrogen (secondary N) is 1. The number of carbonyl (C=O) groups is 3. The van der Waals surface area contributed by atoms with E-state index in [9.17, 15) is 22.8 Å². The van der Waals surface area contributed by atoms with Gasteiger partial charge in [0, 0.05) is 30.4 Å². The molecule has 0 fully saturated rings. The van der Waals surface area contributed by atoms with E-state index >= 15 is 0 Å². The van der Waals surface area contributed by atoms with Gasteiger partial charge in [0.1, 0.15) is 11.4 Å². The molecule has 0 atom stereocenters. The van der Waals surface area contributed by atoms with E-state index in [1.54, 1.807) is 23.1 Å². The van der Waals surface area contributed by atoms with Crippen LogP contribution in [0.25, 0.3) is 0 Å². The van der Waals surface area contributed by atoms with Crippen molar-refractivity contribution in [3.63, 3.8) is 0 Å². The van der Waals surface area contributed by atoms with Gasteiger partial charge in [0.25, 0.3) is 21.8 Å². The van der Waals surface area contributed by atoms with E-state index in [-0.39, 0.29) is 27.9 Å². The first kappa shape index (κ1) is 24.1. The average Bonchev–Trinajstić information content (AvgIpc) is 2.98. The molecule has 176 valence electrons. The maximum Gasteiger partial charge on any atom is 0.269 e. The van der Waals surface area contributed by atoms with Gasteiger partial charge in [-0.2, -0.15) is 0 Å². The van der Waals surface area contributed by atoms with Crippen molar-refractivity contribution in [3.05, 3.63) is 47.5 Å². The Morgan fingerprint density at radius 3 is 2.27 bits per heavy atom. The summed E-state index contributed by atoms with van der Waals surface area (Å²) >= 11 is 0. The first-order chi connectivity index (χ1) is 15.7. The van der Waals surface area contributed by atoms with Gasteiger partial charge in [-0.05, 0) is 38.1 Å². The summed E-state index contributed by atoms with van der Waals surface area (Å²) in [6, 6.07) is 8.78. The van der Waals surface area contributed by atoms with Gasteiger partial charge < -0.3 is 19.7 Å². The Balaban J connectivity index is 1.80. The van der Waals surface area contributed by atoms with Gasteiger partial charge >= 0.3 is 0 Å². The van der Waals surface area contributed by atoms with Crippen LogP contribution >= 0.6 is 0 Å². The van der Waals surface area contributed by atoms with Crippen molar-refractivity contribution < 1.29 is 32.3 Å². The Morgan fingerprint density at radius 2 is 1.67 bits per heavy atom. The number of sulfonamides is 1. The summed E-state index contributed by atoms with van der Waals surface area (Å²) in [7, 11) is -1.54. The predicted molar refractivity (Wildman–Crippen MR) is 120 cm³/mol. The second-order valence-electron chi connectivity index (χ2n) is 7.13. The van der Waals surface area contributed by atoms with Crippen LogP contribution in [-0.4, -0.2) is 69.2 Å². The molecule has 3 rings (SSSR count). The van der Waals surface area contributed by atoms with E-state index < -0.39 is 28.4 Å². The molecule has 10 nitrogen and oxygen atoms in total. The van der Waals surface area contributed by atoms with Crippen LogP contribution in [0.5, 0.6) is 11.5 Å². The van der Waals surface area contributed by atoms with Gasteiger partial charge in [0.15, 0.2) is 11.5 Å². The van der Waals surface area contributed by atoms with E-state index in [2.05, 4.69) is 5.32 Å². The van der Waals surface area contributed by atoms with E-state index in [0.29, 0.717) is 28.6 Å². The van der Waals surface area contributed by atoms with Gasteiger partial charge in [0.05, 0.1) is 19.8 Å². The average molecular weight is 476 g/mol. The van der Waals surface area contributed by atoms with Crippen LogP contribution in [0.15, 0.2) is 41.3 Å². The molecule has 2 aromatic carbocycles. The van der Waals surface area contributed by atoms with Crippen LogP contribution in [0.3, 0.4) is 0 Å². The normalized spacial score (nSPS) is 13.9. The van der Waals surface area contributed by atoms with E-state index in [4.69, 9.17) is 9.47 Å². The number of benzene rings is 2. The molecule has 0 bridgehead atoms. The van der Waals surface area contributed by atoms with Crippen LogP contribution in [0.2, 0.25) is 0 Å². The molecule has 0 unspecified atom stereocenters. The Labute approximate surface area is 192 Å². The third-order valence-electron chi connectivity index (χ3n) is 5.24. The highest BCUT2D eigenvalue weighted by atomic mass is 32.2. The number of rotatable bonds is 8. The third-order valence-corrected chi connectivity index (χ3v) is 7.01. The number of nitrogens with zero attached hydrogens (tertiary/aromatic N) is 2. The number of hydrogen-bond donors (Lipinski definition) is 1. The highest BCUT2D eigenvalue weighted by molar-refractivity contribution is 7.90. The van der Waals surface area contributed by atoms with Gasteiger partial charge in [-0.25, -0.2) is 12.7 Å². The molecular weight excluding hydrogens is 450 g/mol. The Morgan fingerprint density at radius 1 is 1.03 bits per heavy atom. The van der Waals surface area contributed by atoms with Crippen molar-refractivity contribution in [1.82, 2.24) is 9.21 Å². The first-order valence-corrected chi connectivity index (χ1v) is 11.6. The molecule has 3 amide bonds. The molecule has 1 heterocycles.